The summed E-state index contributed by atoms with van der Waals surface area (Å²) in [4.78, 5) is 21.4. The van der Waals surface area contributed by atoms with E-state index in [2.05, 4.69) is 15.3 Å². The van der Waals surface area contributed by atoms with Crippen LogP contribution in [0.15, 0.2) is 5.16 Å². The fourth-order valence-electron chi connectivity index (χ4n) is 2.75. The third-order valence-electron chi connectivity index (χ3n) is 4.47. The van der Waals surface area contributed by atoms with Gasteiger partial charge in [0.25, 0.3) is 0 Å². The van der Waals surface area contributed by atoms with Crippen LogP contribution in [0.2, 0.25) is 0 Å². The monoisotopic (exact) mass is 321 g/mol. The Hall–Kier alpha value is -1.10. The van der Waals surface area contributed by atoms with Crippen molar-refractivity contribution in [3.8, 4) is 0 Å². The van der Waals surface area contributed by atoms with Crippen LogP contribution in [0.3, 0.4) is 0 Å². The molecule has 0 aliphatic heterocycles. The Morgan fingerprint density at radius 1 is 1.09 bits per heavy atom. The second-order valence-electron chi connectivity index (χ2n) is 6.26. The van der Waals surface area contributed by atoms with E-state index in [1.807, 2.05) is 27.7 Å². The fourth-order valence-corrected chi connectivity index (χ4v) is 3.62. The number of nitrogens with zero attached hydrogens (tertiary/aromatic N) is 2. The van der Waals surface area contributed by atoms with E-state index in [1.54, 1.807) is 0 Å². The summed E-state index contributed by atoms with van der Waals surface area (Å²) in [7, 11) is 0. The van der Waals surface area contributed by atoms with Gasteiger partial charge in [0, 0.05) is 17.4 Å². The second kappa shape index (κ2) is 7.95. The molecular weight excluding hydrogens is 294 g/mol. The number of carbonyl (C=O) groups excluding carboxylic acids is 1. The fraction of sp³-hybridized carbons (Fsp3) is 0.706. The van der Waals surface area contributed by atoms with Gasteiger partial charge in [0.05, 0.1) is 5.25 Å². The lowest BCUT2D eigenvalue weighted by molar-refractivity contribution is -0.121. The molecule has 1 aromatic rings. The molecule has 2 rings (SSSR count). The Balaban J connectivity index is 1.93. The number of nitrogens with one attached hydrogen (secondary N) is 1. The third-order valence-corrected chi connectivity index (χ3v) is 5.43. The molecule has 0 saturated heterocycles. The molecule has 4 nitrogen and oxygen atoms in total. The molecule has 22 heavy (non-hydrogen) atoms. The van der Waals surface area contributed by atoms with Gasteiger partial charge in [-0.05, 0) is 46.1 Å². The number of hydrogen-bond acceptors (Lipinski definition) is 4. The van der Waals surface area contributed by atoms with E-state index in [-0.39, 0.29) is 11.2 Å². The van der Waals surface area contributed by atoms with E-state index in [0.717, 1.165) is 29.8 Å². The Labute approximate surface area is 137 Å². The van der Waals surface area contributed by atoms with Crippen molar-refractivity contribution in [1.29, 1.82) is 0 Å². The predicted octanol–water partition coefficient (Wildman–Crippen LogP) is 3.72. The third kappa shape index (κ3) is 4.70. The maximum atomic E-state index is 12.4. The average molecular weight is 321 g/mol. The van der Waals surface area contributed by atoms with Crippen LogP contribution in [0.1, 0.15) is 62.4 Å². The lowest BCUT2D eigenvalue weighted by atomic mass is 10.1. The molecule has 0 spiro atoms. The number of thioether (sulfide) groups is 1. The van der Waals surface area contributed by atoms with Gasteiger partial charge in [-0.25, -0.2) is 9.97 Å². The quantitative estimate of drug-likeness (QED) is 0.522. The molecule has 1 aliphatic rings. The van der Waals surface area contributed by atoms with Crippen LogP contribution < -0.4 is 5.32 Å². The van der Waals surface area contributed by atoms with Crippen molar-refractivity contribution in [3.63, 3.8) is 0 Å². The van der Waals surface area contributed by atoms with Gasteiger partial charge in [0.2, 0.25) is 5.91 Å². The minimum absolute atomic E-state index is 0.108. The molecule has 1 amide bonds. The average Bonchev–Trinajstić information content (AvgIpc) is 2.73. The number of aromatic nitrogens is 2. The van der Waals surface area contributed by atoms with Crippen LogP contribution in [0.5, 0.6) is 0 Å². The number of amides is 1. The normalized spacial score (nSPS) is 17.8. The van der Waals surface area contributed by atoms with Crippen molar-refractivity contribution in [1.82, 2.24) is 15.3 Å². The molecule has 0 aromatic carbocycles. The Kier molecular flexibility index (Phi) is 6.24. The Bertz CT molecular complexity index is 502. The molecule has 5 heteroatoms. The maximum absolute atomic E-state index is 12.4. The van der Waals surface area contributed by atoms with E-state index in [0.29, 0.717) is 11.2 Å². The summed E-state index contributed by atoms with van der Waals surface area (Å²) in [6.45, 7) is 7.95. The van der Waals surface area contributed by atoms with Gasteiger partial charge in [0.15, 0.2) is 5.16 Å². The molecule has 122 valence electrons. The summed E-state index contributed by atoms with van der Waals surface area (Å²) in [6.07, 6.45) is 7.28. The minimum atomic E-state index is -0.162. The van der Waals surface area contributed by atoms with Gasteiger partial charge in [-0.1, -0.05) is 37.4 Å². The van der Waals surface area contributed by atoms with E-state index in [9.17, 15) is 4.79 Å². The molecule has 1 heterocycles. The summed E-state index contributed by atoms with van der Waals surface area (Å²) in [5.74, 6) is 0.108. The second-order valence-corrected chi connectivity index (χ2v) is 7.57. The Morgan fingerprint density at radius 2 is 1.64 bits per heavy atom. The molecule has 1 aliphatic carbocycles. The predicted molar refractivity (Wildman–Crippen MR) is 91.2 cm³/mol. The summed E-state index contributed by atoms with van der Waals surface area (Å²) in [5, 5.41) is 3.74. The van der Waals surface area contributed by atoms with Crippen molar-refractivity contribution in [2.24, 2.45) is 0 Å². The number of rotatable bonds is 4. The van der Waals surface area contributed by atoms with Crippen LogP contribution >= 0.6 is 11.8 Å². The molecular formula is C17H27N3OS. The molecule has 0 bridgehead atoms. The minimum Gasteiger partial charge on any atom is -0.352 e. The standard InChI is InChI=1S/C17H27N3OS/c1-11-12(2)18-17(19-13(11)3)22-14(4)16(21)20-15-9-7-5-6-8-10-15/h14-15H,5-10H2,1-4H3,(H,20,21)/t14-/m0/s1. The highest BCUT2D eigenvalue weighted by Gasteiger charge is 2.21. The molecule has 1 aromatic heterocycles. The Morgan fingerprint density at radius 3 is 2.18 bits per heavy atom. The lowest BCUT2D eigenvalue weighted by Crippen LogP contribution is -2.39. The van der Waals surface area contributed by atoms with E-state index in [4.69, 9.17) is 0 Å². The van der Waals surface area contributed by atoms with Crippen LogP contribution in [-0.4, -0.2) is 27.2 Å². The zero-order valence-electron chi connectivity index (χ0n) is 14.1. The van der Waals surface area contributed by atoms with E-state index < -0.39 is 0 Å². The highest BCUT2D eigenvalue weighted by Crippen LogP contribution is 2.23. The molecule has 0 unspecified atom stereocenters. The highest BCUT2D eigenvalue weighted by molar-refractivity contribution is 8.00. The lowest BCUT2D eigenvalue weighted by Gasteiger charge is -2.19. The summed E-state index contributed by atoms with van der Waals surface area (Å²) < 4.78 is 0. The zero-order valence-corrected chi connectivity index (χ0v) is 14.9. The summed E-state index contributed by atoms with van der Waals surface area (Å²) in [6, 6.07) is 0.348. The number of hydrogen-bond donors (Lipinski definition) is 1. The first-order chi connectivity index (χ1) is 10.5. The van der Waals surface area contributed by atoms with Crippen LogP contribution in [-0.2, 0) is 4.79 Å². The van der Waals surface area contributed by atoms with Crippen LogP contribution in [0.25, 0.3) is 0 Å². The van der Waals surface area contributed by atoms with Crippen molar-refractivity contribution in [3.05, 3.63) is 17.0 Å². The van der Waals surface area contributed by atoms with Gasteiger partial charge in [-0.2, -0.15) is 0 Å². The van der Waals surface area contributed by atoms with Crippen molar-refractivity contribution in [2.45, 2.75) is 82.7 Å². The topological polar surface area (TPSA) is 54.9 Å². The molecule has 1 saturated carbocycles. The van der Waals surface area contributed by atoms with E-state index in [1.165, 1.54) is 37.4 Å². The first-order valence-corrected chi connectivity index (χ1v) is 9.14. The van der Waals surface area contributed by atoms with E-state index >= 15 is 0 Å². The van der Waals surface area contributed by atoms with Gasteiger partial charge >= 0.3 is 0 Å². The first-order valence-electron chi connectivity index (χ1n) is 8.26. The highest BCUT2D eigenvalue weighted by atomic mass is 32.2. The van der Waals surface area contributed by atoms with Gasteiger partial charge < -0.3 is 5.32 Å². The molecule has 1 fully saturated rings. The molecule has 1 atom stereocenters. The smallest absolute Gasteiger partial charge is 0.233 e. The first kappa shape index (κ1) is 17.3. The molecule has 1 N–H and O–H groups in total. The molecule has 0 radical (unpaired) electrons. The van der Waals surface area contributed by atoms with Gasteiger partial charge in [-0.15, -0.1) is 0 Å². The van der Waals surface area contributed by atoms with Crippen molar-refractivity contribution >= 4 is 17.7 Å². The number of carbonyl (C=O) groups is 1. The van der Waals surface area contributed by atoms with Crippen LogP contribution in [0, 0.1) is 20.8 Å². The van der Waals surface area contributed by atoms with Gasteiger partial charge in [0.1, 0.15) is 0 Å². The van der Waals surface area contributed by atoms with Crippen molar-refractivity contribution in [2.75, 3.05) is 0 Å². The van der Waals surface area contributed by atoms with Gasteiger partial charge in [-0.3, -0.25) is 4.79 Å². The maximum Gasteiger partial charge on any atom is 0.233 e. The summed E-state index contributed by atoms with van der Waals surface area (Å²) >= 11 is 1.45. The van der Waals surface area contributed by atoms with Crippen molar-refractivity contribution < 1.29 is 4.79 Å². The van der Waals surface area contributed by atoms with Crippen LogP contribution in [0.4, 0.5) is 0 Å². The SMILES string of the molecule is Cc1nc(S[C@@H](C)C(=O)NC2CCCCCC2)nc(C)c1C. The number of aryl methyl sites for hydroxylation is 2. The zero-order chi connectivity index (χ0) is 16.1. The largest absolute Gasteiger partial charge is 0.352 e. The summed E-state index contributed by atoms with van der Waals surface area (Å²) in [5.41, 5.74) is 3.11.